The van der Waals surface area contributed by atoms with Crippen molar-refractivity contribution in [3.8, 4) is 0 Å². The van der Waals surface area contributed by atoms with Crippen molar-refractivity contribution in [2.24, 2.45) is 0 Å². The molecule has 1 atom stereocenters. The number of rotatable bonds is 5. The third-order valence-corrected chi connectivity index (χ3v) is 5.45. The summed E-state index contributed by atoms with van der Waals surface area (Å²) in [6.07, 6.45) is 1.97. The van der Waals surface area contributed by atoms with Crippen molar-refractivity contribution >= 4 is 27.4 Å². The number of amides is 1. The van der Waals surface area contributed by atoms with Gasteiger partial charge < -0.3 is 9.42 Å². The summed E-state index contributed by atoms with van der Waals surface area (Å²) >= 11 is 0. The van der Waals surface area contributed by atoms with Crippen molar-refractivity contribution in [3.63, 3.8) is 0 Å². The second kappa shape index (κ2) is 6.51. The van der Waals surface area contributed by atoms with E-state index in [4.69, 9.17) is 4.52 Å². The van der Waals surface area contributed by atoms with Crippen molar-refractivity contribution in [1.82, 2.24) is 5.16 Å². The molecular formula is C17H21N3O4S. The number of fused-ring (bicyclic) bond motifs is 1. The van der Waals surface area contributed by atoms with Crippen LogP contribution in [0.5, 0.6) is 0 Å². The molecule has 0 radical (unpaired) electrons. The molecule has 7 nitrogen and oxygen atoms in total. The predicted octanol–water partition coefficient (Wildman–Crippen LogP) is 2.12. The number of aryl methyl sites for hydroxylation is 1. The molecule has 2 heterocycles. The molecule has 134 valence electrons. The molecule has 2 aromatic rings. The Balaban J connectivity index is 1.76. The molecule has 25 heavy (non-hydrogen) atoms. The summed E-state index contributed by atoms with van der Waals surface area (Å²) < 4.78 is 30.2. The first-order valence-electron chi connectivity index (χ1n) is 8.08. The summed E-state index contributed by atoms with van der Waals surface area (Å²) in [6, 6.07) is 9.40. The zero-order chi connectivity index (χ0) is 18.2. The summed E-state index contributed by atoms with van der Waals surface area (Å²) in [5.41, 5.74) is 2.04. The highest BCUT2D eigenvalue weighted by atomic mass is 32.2. The lowest BCUT2D eigenvalue weighted by molar-refractivity contribution is -0.118. The van der Waals surface area contributed by atoms with Gasteiger partial charge in [-0.2, -0.15) is 0 Å². The van der Waals surface area contributed by atoms with Crippen molar-refractivity contribution in [1.29, 1.82) is 0 Å². The van der Waals surface area contributed by atoms with E-state index in [0.717, 1.165) is 28.2 Å². The van der Waals surface area contributed by atoms with Gasteiger partial charge in [-0.1, -0.05) is 23.4 Å². The van der Waals surface area contributed by atoms with Gasteiger partial charge in [0.15, 0.2) is 5.82 Å². The molecule has 0 N–H and O–H groups in total. The molecule has 1 amide bonds. The average Bonchev–Trinajstić information content (AvgIpc) is 3.08. The first-order valence-corrected chi connectivity index (χ1v) is 9.93. The number of hydrogen-bond acceptors (Lipinski definition) is 5. The lowest BCUT2D eigenvalue weighted by Crippen LogP contribution is -2.39. The first-order chi connectivity index (χ1) is 11.8. The Morgan fingerprint density at radius 2 is 2.12 bits per heavy atom. The lowest BCUT2D eigenvalue weighted by Gasteiger charge is -2.25. The van der Waals surface area contributed by atoms with E-state index < -0.39 is 10.0 Å². The summed E-state index contributed by atoms with van der Waals surface area (Å²) in [5, 5.41) is 3.76. The molecule has 1 aliphatic rings. The minimum atomic E-state index is -3.56. The molecule has 1 aromatic carbocycles. The van der Waals surface area contributed by atoms with Gasteiger partial charge in [-0.3, -0.25) is 9.10 Å². The number of sulfonamides is 1. The maximum atomic E-state index is 12.7. The zero-order valence-corrected chi connectivity index (χ0v) is 15.3. The quantitative estimate of drug-likeness (QED) is 0.812. The van der Waals surface area contributed by atoms with Gasteiger partial charge in [0.25, 0.3) is 0 Å². The normalized spacial score (nSPS) is 16.8. The maximum Gasteiger partial charge on any atom is 0.233 e. The van der Waals surface area contributed by atoms with Gasteiger partial charge in [-0.05, 0) is 31.9 Å². The minimum Gasteiger partial charge on any atom is -0.360 e. The molecule has 0 saturated carbocycles. The molecular weight excluding hydrogens is 342 g/mol. The van der Waals surface area contributed by atoms with Gasteiger partial charge in [0.2, 0.25) is 15.9 Å². The van der Waals surface area contributed by atoms with Crippen LogP contribution >= 0.6 is 0 Å². The highest BCUT2D eigenvalue weighted by molar-refractivity contribution is 7.92. The molecule has 0 bridgehead atoms. The molecule has 0 spiro atoms. The van der Waals surface area contributed by atoms with E-state index in [1.54, 1.807) is 17.9 Å². The van der Waals surface area contributed by atoms with Gasteiger partial charge in [0.05, 0.1) is 6.26 Å². The van der Waals surface area contributed by atoms with Crippen molar-refractivity contribution in [2.45, 2.75) is 32.7 Å². The predicted molar refractivity (Wildman–Crippen MR) is 95.1 cm³/mol. The van der Waals surface area contributed by atoms with Crippen LogP contribution in [0.25, 0.3) is 0 Å². The second-order valence-corrected chi connectivity index (χ2v) is 8.23. The van der Waals surface area contributed by atoms with E-state index in [2.05, 4.69) is 5.16 Å². The SMILES string of the molecule is Cc1cc(N(CCC(=O)N2c3ccccc3CC2C)S(C)(=O)=O)no1. The van der Waals surface area contributed by atoms with Crippen LogP contribution < -0.4 is 9.21 Å². The summed E-state index contributed by atoms with van der Waals surface area (Å²) in [6.45, 7) is 3.70. The van der Waals surface area contributed by atoms with Crippen LogP contribution in [0, 0.1) is 6.92 Å². The van der Waals surface area contributed by atoms with E-state index in [1.165, 1.54) is 0 Å². The number of carbonyl (C=O) groups is 1. The number of carbonyl (C=O) groups excluding carboxylic acids is 1. The van der Waals surface area contributed by atoms with Gasteiger partial charge in [-0.15, -0.1) is 0 Å². The molecule has 8 heteroatoms. The molecule has 3 rings (SSSR count). The number of para-hydroxylation sites is 1. The Bertz CT molecular complexity index is 891. The number of hydrogen-bond donors (Lipinski definition) is 0. The third-order valence-electron chi connectivity index (χ3n) is 4.28. The Hall–Kier alpha value is -2.35. The molecule has 1 aromatic heterocycles. The van der Waals surface area contributed by atoms with Crippen LogP contribution in [0.2, 0.25) is 0 Å². The van der Waals surface area contributed by atoms with Gasteiger partial charge >= 0.3 is 0 Å². The van der Waals surface area contributed by atoms with Gasteiger partial charge in [0, 0.05) is 30.8 Å². The van der Waals surface area contributed by atoms with Gasteiger partial charge in [0.1, 0.15) is 5.76 Å². The fourth-order valence-corrected chi connectivity index (χ4v) is 4.03. The van der Waals surface area contributed by atoms with Crippen molar-refractivity contribution in [2.75, 3.05) is 22.0 Å². The monoisotopic (exact) mass is 363 g/mol. The number of nitrogens with zero attached hydrogens (tertiary/aromatic N) is 3. The van der Waals surface area contributed by atoms with Crippen LogP contribution in [-0.2, 0) is 21.2 Å². The number of aromatic nitrogens is 1. The van der Waals surface area contributed by atoms with Crippen LogP contribution in [0.4, 0.5) is 11.5 Å². The highest BCUT2D eigenvalue weighted by Crippen LogP contribution is 2.32. The topological polar surface area (TPSA) is 83.7 Å². The highest BCUT2D eigenvalue weighted by Gasteiger charge is 2.31. The lowest BCUT2D eigenvalue weighted by atomic mass is 10.1. The fourth-order valence-electron chi connectivity index (χ4n) is 3.18. The Kier molecular flexibility index (Phi) is 4.55. The van der Waals surface area contributed by atoms with E-state index in [1.807, 2.05) is 31.2 Å². The molecule has 0 aliphatic carbocycles. The molecule has 0 fully saturated rings. The zero-order valence-electron chi connectivity index (χ0n) is 14.5. The smallest absolute Gasteiger partial charge is 0.233 e. The molecule has 0 saturated heterocycles. The van der Waals surface area contributed by atoms with E-state index >= 15 is 0 Å². The van der Waals surface area contributed by atoms with E-state index in [9.17, 15) is 13.2 Å². The third kappa shape index (κ3) is 3.53. The van der Waals surface area contributed by atoms with Crippen molar-refractivity contribution < 1.29 is 17.7 Å². The Labute approximate surface area is 147 Å². The standard InChI is InChI=1S/C17H21N3O4S/c1-12-10-14-6-4-5-7-15(14)20(12)17(21)8-9-19(25(3,22)23)16-11-13(2)24-18-16/h4-7,11-12H,8-10H2,1-3H3. The fraction of sp³-hybridized carbons (Fsp3) is 0.412. The van der Waals surface area contributed by atoms with Crippen LogP contribution in [0.3, 0.4) is 0 Å². The summed E-state index contributed by atoms with van der Waals surface area (Å²) in [4.78, 5) is 14.5. The van der Waals surface area contributed by atoms with E-state index in [-0.39, 0.29) is 30.7 Å². The summed E-state index contributed by atoms with van der Waals surface area (Å²) in [7, 11) is -3.56. The van der Waals surface area contributed by atoms with Crippen LogP contribution in [-0.4, -0.2) is 38.3 Å². The van der Waals surface area contributed by atoms with Gasteiger partial charge in [-0.25, -0.2) is 8.42 Å². The van der Waals surface area contributed by atoms with Crippen LogP contribution in [0.15, 0.2) is 34.9 Å². The minimum absolute atomic E-state index is 0.0228. The largest absolute Gasteiger partial charge is 0.360 e. The van der Waals surface area contributed by atoms with Crippen LogP contribution in [0.1, 0.15) is 24.7 Å². The maximum absolute atomic E-state index is 12.7. The second-order valence-electron chi connectivity index (χ2n) is 6.33. The molecule has 1 aliphatic heterocycles. The van der Waals surface area contributed by atoms with E-state index in [0.29, 0.717) is 5.76 Å². The summed E-state index contributed by atoms with van der Waals surface area (Å²) in [5.74, 6) is 0.603. The average molecular weight is 363 g/mol. The first kappa shape index (κ1) is 17.5. The Morgan fingerprint density at radius 3 is 2.76 bits per heavy atom. The number of benzene rings is 1. The van der Waals surface area contributed by atoms with Crippen molar-refractivity contribution in [3.05, 3.63) is 41.7 Å². The Morgan fingerprint density at radius 1 is 1.40 bits per heavy atom. The number of anilines is 2. The molecule has 1 unspecified atom stereocenters.